The molecular weight excluding hydrogens is 394 g/mol. The fourth-order valence-electron chi connectivity index (χ4n) is 3.59. The first-order chi connectivity index (χ1) is 13.3. The highest BCUT2D eigenvalue weighted by molar-refractivity contribution is 5.81. The molecule has 0 amide bonds. The molecule has 0 aliphatic carbocycles. The van der Waals surface area contributed by atoms with Crippen molar-refractivity contribution in [3.63, 3.8) is 0 Å². The molecule has 0 spiro atoms. The van der Waals surface area contributed by atoms with Gasteiger partial charge in [-0.05, 0) is 35.9 Å². The van der Waals surface area contributed by atoms with Crippen LogP contribution in [0.4, 0.5) is 37.7 Å². The Morgan fingerprint density at radius 3 is 2.10 bits per heavy atom. The molecule has 8 heteroatoms. The smallest absolute Gasteiger partial charge is 0.347 e. The van der Waals surface area contributed by atoms with Crippen LogP contribution in [0.2, 0.25) is 0 Å². The molecule has 0 fully saturated rings. The number of halogens is 6. The molecule has 0 radical (unpaired) electrons. The molecule has 0 saturated carbocycles. The Bertz CT molecular complexity index is 983. The lowest BCUT2D eigenvalue weighted by Gasteiger charge is -2.23. The minimum absolute atomic E-state index is 0.210. The van der Waals surface area contributed by atoms with E-state index in [2.05, 4.69) is 4.99 Å². The van der Waals surface area contributed by atoms with E-state index < -0.39 is 23.5 Å². The second-order valence-corrected chi connectivity index (χ2v) is 7.26. The maximum Gasteiger partial charge on any atom is 0.417 e. The molecule has 2 aromatic carbocycles. The fraction of sp³-hybridized carbons (Fsp3) is 0.286. The van der Waals surface area contributed by atoms with Crippen molar-refractivity contribution in [2.75, 3.05) is 11.9 Å². The van der Waals surface area contributed by atoms with Crippen LogP contribution in [-0.2, 0) is 17.8 Å². The molecular formula is C21H18F6N2. The first kappa shape index (κ1) is 21.0. The van der Waals surface area contributed by atoms with E-state index in [4.69, 9.17) is 0 Å². The number of hydrogen-bond donors (Lipinski definition) is 0. The number of anilines is 1. The Morgan fingerprint density at radius 1 is 0.897 bits per heavy atom. The zero-order valence-electron chi connectivity index (χ0n) is 15.9. The van der Waals surface area contributed by atoms with Gasteiger partial charge in [0, 0.05) is 30.1 Å². The molecule has 1 aliphatic rings. The van der Waals surface area contributed by atoms with Crippen molar-refractivity contribution in [3.8, 4) is 0 Å². The second kappa shape index (κ2) is 6.93. The monoisotopic (exact) mass is 412 g/mol. The van der Waals surface area contributed by atoms with Gasteiger partial charge in [0.25, 0.3) is 0 Å². The summed E-state index contributed by atoms with van der Waals surface area (Å²) in [5.41, 5.74) is -1.08. The van der Waals surface area contributed by atoms with E-state index in [1.807, 2.05) is 50.1 Å². The van der Waals surface area contributed by atoms with Crippen molar-refractivity contribution in [3.05, 3.63) is 70.9 Å². The number of likely N-dealkylation sites (N-methyl/N-ethyl adjacent to an activating group) is 1. The Hall–Kier alpha value is -2.77. The zero-order chi connectivity index (χ0) is 21.6. The van der Waals surface area contributed by atoms with Crippen molar-refractivity contribution >= 4 is 17.6 Å². The summed E-state index contributed by atoms with van der Waals surface area (Å²) in [4.78, 5) is 5.89. The largest absolute Gasteiger partial charge is 0.417 e. The molecule has 1 heterocycles. The molecule has 29 heavy (non-hydrogen) atoms. The van der Waals surface area contributed by atoms with Crippen LogP contribution in [0, 0.1) is 0 Å². The summed E-state index contributed by atoms with van der Waals surface area (Å²) in [6, 6.07) is 9.52. The van der Waals surface area contributed by atoms with Crippen molar-refractivity contribution in [1.82, 2.24) is 0 Å². The third-order valence-corrected chi connectivity index (χ3v) is 5.01. The molecule has 3 rings (SSSR count). The number of alkyl halides is 6. The Balaban J connectivity index is 1.95. The van der Waals surface area contributed by atoms with Crippen molar-refractivity contribution < 1.29 is 26.3 Å². The van der Waals surface area contributed by atoms with Gasteiger partial charge in [0.2, 0.25) is 0 Å². The average Bonchev–Trinajstić information content (AvgIpc) is 2.81. The molecule has 0 atom stereocenters. The van der Waals surface area contributed by atoms with Gasteiger partial charge in [-0.2, -0.15) is 26.3 Å². The van der Waals surface area contributed by atoms with E-state index in [0.29, 0.717) is 12.1 Å². The van der Waals surface area contributed by atoms with Crippen molar-refractivity contribution in [2.45, 2.75) is 31.6 Å². The average molecular weight is 412 g/mol. The second-order valence-electron chi connectivity index (χ2n) is 7.26. The number of aliphatic imine (C=N–C) groups is 1. The molecule has 154 valence electrons. The minimum Gasteiger partial charge on any atom is -0.347 e. The van der Waals surface area contributed by atoms with Crippen LogP contribution in [0.25, 0.3) is 0 Å². The lowest BCUT2D eigenvalue weighted by Crippen LogP contribution is -2.23. The fourth-order valence-corrected chi connectivity index (χ4v) is 3.59. The Morgan fingerprint density at radius 2 is 1.52 bits per heavy atom. The quantitative estimate of drug-likeness (QED) is 0.394. The highest BCUT2D eigenvalue weighted by Gasteiger charge is 2.43. The molecule has 1 aliphatic heterocycles. The van der Waals surface area contributed by atoms with Gasteiger partial charge in [0.05, 0.1) is 16.8 Å². The summed E-state index contributed by atoms with van der Waals surface area (Å²) in [6.45, 7) is 4.02. The van der Waals surface area contributed by atoms with Crippen LogP contribution >= 0.6 is 0 Å². The first-order valence-electron chi connectivity index (χ1n) is 8.70. The van der Waals surface area contributed by atoms with Crippen LogP contribution in [0.5, 0.6) is 0 Å². The van der Waals surface area contributed by atoms with E-state index in [9.17, 15) is 26.3 Å². The zero-order valence-corrected chi connectivity index (χ0v) is 15.9. The predicted octanol–water partition coefficient (Wildman–Crippen LogP) is 6.74. The van der Waals surface area contributed by atoms with Crippen molar-refractivity contribution in [2.24, 2.45) is 4.99 Å². The van der Waals surface area contributed by atoms with Gasteiger partial charge in [-0.25, -0.2) is 0 Å². The summed E-state index contributed by atoms with van der Waals surface area (Å²) in [6.07, 6.45) is -7.27. The van der Waals surface area contributed by atoms with E-state index in [1.54, 1.807) is 6.08 Å². The van der Waals surface area contributed by atoms with E-state index >= 15 is 0 Å². The van der Waals surface area contributed by atoms with Crippen LogP contribution in [0.3, 0.4) is 0 Å². The maximum atomic E-state index is 13.1. The summed E-state index contributed by atoms with van der Waals surface area (Å²) in [5.74, 6) is 0. The SMILES string of the molecule is CN1/C(=C/C=Nc2ccc(C(F)(F)F)c(C(F)(F)F)c2)C(C)(C)c2ccccc21. The molecule has 2 aromatic rings. The van der Waals surface area contributed by atoms with Crippen LogP contribution in [0.1, 0.15) is 30.5 Å². The molecule has 0 bridgehead atoms. The van der Waals surface area contributed by atoms with Gasteiger partial charge in [-0.1, -0.05) is 32.0 Å². The van der Waals surface area contributed by atoms with Gasteiger partial charge in [0.15, 0.2) is 0 Å². The molecule has 0 unspecified atom stereocenters. The third-order valence-electron chi connectivity index (χ3n) is 5.01. The number of benzene rings is 2. The lowest BCUT2D eigenvalue weighted by molar-refractivity contribution is -0.162. The topological polar surface area (TPSA) is 15.6 Å². The van der Waals surface area contributed by atoms with Gasteiger partial charge >= 0.3 is 12.4 Å². The van der Waals surface area contributed by atoms with E-state index in [0.717, 1.165) is 23.0 Å². The Kier molecular flexibility index (Phi) is 5.01. The minimum atomic E-state index is -5.13. The van der Waals surface area contributed by atoms with Crippen LogP contribution in [-0.4, -0.2) is 13.3 Å². The third kappa shape index (κ3) is 3.88. The Labute approximate surface area is 164 Å². The number of hydrogen-bond acceptors (Lipinski definition) is 2. The van der Waals surface area contributed by atoms with E-state index in [-0.39, 0.29) is 11.1 Å². The number of allylic oxidation sites excluding steroid dienone is 2. The van der Waals surface area contributed by atoms with Gasteiger partial charge in [-0.3, -0.25) is 4.99 Å². The van der Waals surface area contributed by atoms with Gasteiger partial charge in [-0.15, -0.1) is 0 Å². The number of nitrogens with zero attached hydrogens (tertiary/aromatic N) is 2. The summed E-state index contributed by atoms with van der Waals surface area (Å²) >= 11 is 0. The van der Waals surface area contributed by atoms with Gasteiger partial charge < -0.3 is 4.90 Å². The van der Waals surface area contributed by atoms with E-state index in [1.165, 1.54) is 6.21 Å². The first-order valence-corrected chi connectivity index (χ1v) is 8.70. The molecule has 2 nitrogen and oxygen atoms in total. The number of para-hydroxylation sites is 1. The number of fused-ring (bicyclic) bond motifs is 1. The maximum absolute atomic E-state index is 13.1. The van der Waals surface area contributed by atoms with Crippen LogP contribution < -0.4 is 4.90 Å². The molecule has 0 N–H and O–H groups in total. The normalized spacial score (nSPS) is 18.0. The van der Waals surface area contributed by atoms with Crippen LogP contribution in [0.15, 0.2) is 59.2 Å². The number of rotatable bonds is 2. The highest BCUT2D eigenvalue weighted by Crippen LogP contribution is 2.46. The summed E-state index contributed by atoms with van der Waals surface area (Å²) in [5, 5.41) is 0. The molecule has 0 saturated heterocycles. The lowest BCUT2D eigenvalue weighted by atomic mass is 9.84. The highest BCUT2D eigenvalue weighted by atomic mass is 19.4. The molecule has 0 aromatic heterocycles. The van der Waals surface area contributed by atoms with Gasteiger partial charge in [0.1, 0.15) is 0 Å². The standard InChI is InChI=1S/C21H18F6N2/c1-19(2)15-6-4-5-7-17(15)29(3)18(19)10-11-28-13-8-9-14(20(22,23)24)16(12-13)21(25,26)27/h4-12H,1-3H3/b18-10+,28-11?. The van der Waals surface area contributed by atoms with Crippen molar-refractivity contribution in [1.29, 1.82) is 0 Å². The summed E-state index contributed by atoms with van der Waals surface area (Å²) < 4.78 is 77.8. The summed E-state index contributed by atoms with van der Waals surface area (Å²) in [7, 11) is 1.87. The predicted molar refractivity (Wildman–Crippen MR) is 101 cm³/mol.